The standard InChI is InChI=1S/C18H23N7O3/c19-17-16(22-28-23-17)18-21-13-4-1-2-5-14(13)25(18)12-15(26)20-6-3-7-24-8-10-27-11-9-24/h1-2,4-5H,3,6-12H2,(H2,19,23)(H,20,26). The predicted molar refractivity (Wildman–Crippen MR) is 102 cm³/mol. The maximum Gasteiger partial charge on any atom is 0.240 e. The second kappa shape index (κ2) is 8.36. The molecule has 10 heteroatoms. The number of nitrogens with two attached hydrogens (primary N) is 1. The number of carbonyl (C=O) groups excluding carboxylic acids is 1. The molecule has 0 atom stereocenters. The van der Waals surface area contributed by atoms with Crippen molar-refractivity contribution in [2.45, 2.75) is 13.0 Å². The number of ether oxygens (including phenoxy) is 1. The summed E-state index contributed by atoms with van der Waals surface area (Å²) in [5.74, 6) is 0.507. The summed E-state index contributed by atoms with van der Waals surface area (Å²) in [6.45, 7) is 5.14. The molecule has 1 aliphatic heterocycles. The van der Waals surface area contributed by atoms with Crippen LogP contribution in [0.5, 0.6) is 0 Å². The minimum absolute atomic E-state index is 0.0959. The van der Waals surface area contributed by atoms with Crippen LogP contribution in [0.25, 0.3) is 22.6 Å². The molecular weight excluding hydrogens is 362 g/mol. The predicted octanol–water partition coefficient (Wildman–Crippen LogP) is 0.507. The summed E-state index contributed by atoms with van der Waals surface area (Å²) in [7, 11) is 0. The van der Waals surface area contributed by atoms with Crippen LogP contribution in [0, 0.1) is 0 Å². The molecule has 1 saturated heterocycles. The number of anilines is 1. The molecule has 2 aromatic heterocycles. The summed E-state index contributed by atoms with van der Waals surface area (Å²) < 4.78 is 11.8. The molecular formula is C18H23N7O3. The molecule has 0 unspecified atom stereocenters. The highest BCUT2D eigenvalue weighted by Crippen LogP contribution is 2.26. The fraction of sp³-hybridized carbons (Fsp3) is 0.444. The van der Waals surface area contributed by atoms with E-state index in [1.165, 1.54) is 0 Å². The second-order valence-corrected chi connectivity index (χ2v) is 6.67. The van der Waals surface area contributed by atoms with Crippen molar-refractivity contribution in [2.24, 2.45) is 0 Å². The van der Waals surface area contributed by atoms with Gasteiger partial charge in [0.15, 0.2) is 17.3 Å². The zero-order valence-corrected chi connectivity index (χ0v) is 15.5. The third-order valence-corrected chi connectivity index (χ3v) is 4.76. The summed E-state index contributed by atoms with van der Waals surface area (Å²) in [5.41, 5.74) is 7.73. The number of nitrogen functional groups attached to an aromatic ring is 1. The Bertz CT molecular complexity index is 946. The lowest BCUT2D eigenvalue weighted by Gasteiger charge is -2.26. The highest BCUT2D eigenvalue weighted by Gasteiger charge is 2.20. The first-order valence-corrected chi connectivity index (χ1v) is 9.33. The van der Waals surface area contributed by atoms with Crippen LogP contribution in [-0.4, -0.2) is 70.1 Å². The van der Waals surface area contributed by atoms with Crippen molar-refractivity contribution in [2.75, 3.05) is 45.1 Å². The molecule has 0 spiro atoms. The number of para-hydroxylation sites is 2. The van der Waals surface area contributed by atoms with Crippen molar-refractivity contribution in [3.63, 3.8) is 0 Å². The molecule has 4 rings (SSSR count). The van der Waals surface area contributed by atoms with Gasteiger partial charge in [-0.1, -0.05) is 12.1 Å². The topological polar surface area (TPSA) is 124 Å². The van der Waals surface area contributed by atoms with Gasteiger partial charge in [-0.25, -0.2) is 9.61 Å². The van der Waals surface area contributed by atoms with Crippen molar-refractivity contribution < 1.29 is 14.2 Å². The van der Waals surface area contributed by atoms with E-state index in [9.17, 15) is 4.79 Å². The summed E-state index contributed by atoms with van der Waals surface area (Å²) in [6.07, 6.45) is 0.892. The highest BCUT2D eigenvalue weighted by molar-refractivity contribution is 5.85. The lowest BCUT2D eigenvalue weighted by atomic mass is 10.3. The quantitative estimate of drug-likeness (QED) is 0.564. The van der Waals surface area contributed by atoms with Crippen LogP contribution in [0.1, 0.15) is 6.42 Å². The van der Waals surface area contributed by atoms with Gasteiger partial charge in [-0.05, 0) is 35.4 Å². The maximum atomic E-state index is 12.5. The van der Waals surface area contributed by atoms with Crippen molar-refractivity contribution in [1.82, 2.24) is 30.1 Å². The van der Waals surface area contributed by atoms with Crippen LogP contribution in [0.2, 0.25) is 0 Å². The van der Waals surface area contributed by atoms with Crippen molar-refractivity contribution in [1.29, 1.82) is 0 Å². The molecule has 3 heterocycles. The summed E-state index contributed by atoms with van der Waals surface area (Å²) in [6, 6.07) is 7.56. The number of hydrogen-bond donors (Lipinski definition) is 2. The van der Waals surface area contributed by atoms with Gasteiger partial charge in [0.1, 0.15) is 6.54 Å². The van der Waals surface area contributed by atoms with E-state index in [-0.39, 0.29) is 18.3 Å². The van der Waals surface area contributed by atoms with Crippen LogP contribution in [-0.2, 0) is 16.1 Å². The van der Waals surface area contributed by atoms with Crippen LogP contribution in [0.3, 0.4) is 0 Å². The van der Waals surface area contributed by atoms with Gasteiger partial charge in [-0.15, -0.1) is 0 Å². The molecule has 1 fully saturated rings. The van der Waals surface area contributed by atoms with Gasteiger partial charge >= 0.3 is 0 Å². The Morgan fingerprint density at radius 1 is 1.21 bits per heavy atom. The number of imidazole rings is 1. The normalized spacial score (nSPS) is 15.1. The Balaban J connectivity index is 1.42. The van der Waals surface area contributed by atoms with Gasteiger partial charge in [0.05, 0.1) is 24.2 Å². The van der Waals surface area contributed by atoms with E-state index in [1.807, 2.05) is 24.3 Å². The van der Waals surface area contributed by atoms with Crippen LogP contribution in [0.15, 0.2) is 28.9 Å². The maximum absolute atomic E-state index is 12.5. The average molecular weight is 385 g/mol. The molecule has 28 heavy (non-hydrogen) atoms. The van der Waals surface area contributed by atoms with Gasteiger partial charge in [-0.3, -0.25) is 9.69 Å². The number of aromatic nitrogens is 4. The fourth-order valence-electron chi connectivity index (χ4n) is 3.32. The first-order chi connectivity index (χ1) is 13.7. The lowest BCUT2D eigenvalue weighted by molar-refractivity contribution is -0.121. The Labute approximate surface area is 161 Å². The first-order valence-electron chi connectivity index (χ1n) is 9.33. The number of carbonyl (C=O) groups is 1. The zero-order valence-electron chi connectivity index (χ0n) is 15.5. The van der Waals surface area contributed by atoms with Gasteiger partial charge in [0, 0.05) is 19.6 Å². The van der Waals surface area contributed by atoms with Gasteiger partial charge in [0.25, 0.3) is 0 Å². The smallest absolute Gasteiger partial charge is 0.240 e. The Morgan fingerprint density at radius 3 is 2.82 bits per heavy atom. The average Bonchev–Trinajstić information content (AvgIpc) is 3.29. The number of fused-ring (bicyclic) bond motifs is 1. The molecule has 1 amide bonds. The molecule has 10 nitrogen and oxygen atoms in total. The number of amides is 1. The molecule has 1 aromatic carbocycles. The van der Waals surface area contributed by atoms with Crippen LogP contribution >= 0.6 is 0 Å². The minimum atomic E-state index is -0.0959. The van der Waals surface area contributed by atoms with Crippen molar-refractivity contribution in [3.8, 4) is 11.5 Å². The van der Waals surface area contributed by atoms with Gasteiger partial charge in [0.2, 0.25) is 5.91 Å². The van der Waals surface area contributed by atoms with E-state index in [1.54, 1.807) is 4.57 Å². The molecule has 0 saturated carbocycles. The molecule has 3 N–H and O–H groups in total. The Hall–Kier alpha value is -2.98. The van der Waals surface area contributed by atoms with E-state index >= 15 is 0 Å². The van der Waals surface area contributed by atoms with Crippen LogP contribution < -0.4 is 11.1 Å². The number of hydrogen-bond acceptors (Lipinski definition) is 8. The number of nitrogens with zero attached hydrogens (tertiary/aromatic N) is 5. The third-order valence-electron chi connectivity index (χ3n) is 4.76. The summed E-state index contributed by atoms with van der Waals surface area (Å²) in [4.78, 5) is 19.4. The number of rotatable bonds is 7. The van der Waals surface area contributed by atoms with Crippen molar-refractivity contribution >= 4 is 22.8 Å². The monoisotopic (exact) mass is 385 g/mol. The molecule has 148 valence electrons. The van der Waals surface area contributed by atoms with E-state index in [4.69, 9.17) is 15.1 Å². The summed E-state index contributed by atoms with van der Waals surface area (Å²) >= 11 is 0. The Kier molecular flexibility index (Phi) is 5.49. The highest BCUT2D eigenvalue weighted by atomic mass is 16.6. The number of benzene rings is 1. The lowest BCUT2D eigenvalue weighted by Crippen LogP contribution is -2.38. The molecule has 0 aliphatic carbocycles. The SMILES string of the molecule is Nc1nonc1-c1nc2ccccc2n1CC(=O)NCCCN1CCOCC1. The zero-order chi connectivity index (χ0) is 19.3. The fourth-order valence-corrected chi connectivity index (χ4v) is 3.32. The molecule has 3 aromatic rings. The van der Waals surface area contributed by atoms with E-state index in [2.05, 4.69) is 25.5 Å². The minimum Gasteiger partial charge on any atom is -0.379 e. The number of morpholine rings is 1. The van der Waals surface area contributed by atoms with E-state index < -0.39 is 0 Å². The Morgan fingerprint density at radius 2 is 2.04 bits per heavy atom. The van der Waals surface area contributed by atoms with E-state index in [0.717, 1.165) is 50.3 Å². The first kappa shape index (κ1) is 18.4. The van der Waals surface area contributed by atoms with Crippen LogP contribution in [0.4, 0.5) is 5.82 Å². The largest absolute Gasteiger partial charge is 0.379 e. The third kappa shape index (κ3) is 3.97. The van der Waals surface area contributed by atoms with Crippen molar-refractivity contribution in [3.05, 3.63) is 24.3 Å². The molecule has 1 aliphatic rings. The molecule has 0 radical (unpaired) electrons. The molecule has 0 bridgehead atoms. The summed E-state index contributed by atoms with van der Waals surface area (Å²) in [5, 5.41) is 10.4. The van der Waals surface area contributed by atoms with Gasteiger partial charge < -0.3 is 20.4 Å². The second-order valence-electron chi connectivity index (χ2n) is 6.67. The van der Waals surface area contributed by atoms with E-state index in [0.29, 0.717) is 18.1 Å². The van der Waals surface area contributed by atoms with Gasteiger partial charge in [-0.2, -0.15) is 0 Å². The number of nitrogens with one attached hydrogen (secondary N) is 1.